The highest BCUT2D eigenvalue weighted by molar-refractivity contribution is 6.23. The molecule has 0 radical (unpaired) electrons. The van der Waals surface area contributed by atoms with Crippen LogP contribution in [0.25, 0.3) is 0 Å². The van der Waals surface area contributed by atoms with Gasteiger partial charge in [-0.25, -0.2) is 0 Å². The quantitative estimate of drug-likeness (QED) is 0.786. The van der Waals surface area contributed by atoms with E-state index in [4.69, 9.17) is 4.99 Å². The Morgan fingerprint density at radius 1 is 1.17 bits per heavy atom. The summed E-state index contributed by atoms with van der Waals surface area (Å²) in [4.78, 5) is 17.2. The Bertz CT molecular complexity index is 659. The third-order valence-corrected chi connectivity index (χ3v) is 4.46. The summed E-state index contributed by atoms with van der Waals surface area (Å²) in [7, 11) is 0. The van der Waals surface area contributed by atoms with Crippen molar-refractivity contribution in [2.75, 3.05) is 0 Å². The zero-order valence-electron chi connectivity index (χ0n) is 14.9. The van der Waals surface area contributed by atoms with Gasteiger partial charge in [0.25, 0.3) is 0 Å². The molecule has 0 unspecified atom stereocenters. The highest BCUT2D eigenvalue weighted by atomic mass is 16.3. The van der Waals surface area contributed by atoms with Gasteiger partial charge in [0, 0.05) is 12.8 Å². The molecule has 1 aliphatic rings. The molecule has 0 spiro atoms. The predicted octanol–water partition coefficient (Wildman–Crippen LogP) is 5.11. The number of benzene rings is 1. The zero-order chi connectivity index (χ0) is 17.2. The molecule has 3 nitrogen and oxygen atoms in total. The van der Waals surface area contributed by atoms with E-state index in [1.165, 1.54) is 11.1 Å². The lowest BCUT2D eigenvalue weighted by Crippen LogP contribution is -2.28. The number of carbonyl (C=O) groups excluding carboxylic acids is 1. The highest BCUT2D eigenvalue weighted by Crippen LogP contribution is 2.37. The largest absolute Gasteiger partial charge is 0.511 e. The fraction of sp³-hybridized carbons (Fsp3) is 0.500. The maximum absolute atomic E-state index is 12.5. The number of nitrogens with zero attached hydrogens (tertiary/aromatic N) is 1. The van der Waals surface area contributed by atoms with E-state index in [9.17, 15) is 9.90 Å². The van der Waals surface area contributed by atoms with Crippen molar-refractivity contribution in [1.29, 1.82) is 0 Å². The predicted molar refractivity (Wildman–Crippen MR) is 95.6 cm³/mol. The van der Waals surface area contributed by atoms with Gasteiger partial charge in [0.1, 0.15) is 5.76 Å². The number of para-hydroxylation sites is 1. The molecule has 0 heterocycles. The van der Waals surface area contributed by atoms with Crippen LogP contribution in [0.5, 0.6) is 0 Å². The number of hydrogen-bond acceptors (Lipinski definition) is 3. The zero-order valence-corrected chi connectivity index (χ0v) is 14.9. The van der Waals surface area contributed by atoms with Crippen LogP contribution in [0.2, 0.25) is 0 Å². The van der Waals surface area contributed by atoms with E-state index in [-0.39, 0.29) is 17.0 Å². The average molecular weight is 313 g/mol. The monoisotopic (exact) mass is 313 g/mol. The summed E-state index contributed by atoms with van der Waals surface area (Å²) in [6.07, 6.45) is 2.77. The van der Waals surface area contributed by atoms with Crippen LogP contribution in [0.1, 0.15) is 58.6 Å². The Balaban J connectivity index is 2.51. The Labute approximate surface area is 139 Å². The molecule has 1 aromatic carbocycles. The van der Waals surface area contributed by atoms with Crippen LogP contribution in [0.4, 0.5) is 5.69 Å². The van der Waals surface area contributed by atoms with E-state index in [0.29, 0.717) is 24.1 Å². The van der Waals surface area contributed by atoms with Gasteiger partial charge in [-0.2, -0.15) is 0 Å². The number of aliphatic imine (C=N–C) groups is 1. The normalized spacial score (nSPS) is 18.5. The molecule has 1 N–H and O–H groups in total. The molecule has 0 fully saturated rings. The van der Waals surface area contributed by atoms with E-state index in [1.54, 1.807) is 0 Å². The molecular weight excluding hydrogens is 286 g/mol. The van der Waals surface area contributed by atoms with Crippen molar-refractivity contribution in [3.05, 3.63) is 40.7 Å². The number of Topliss-reactive ketones (excluding diaryl/α,β-unsaturated/α-hetero) is 1. The molecule has 0 saturated heterocycles. The minimum absolute atomic E-state index is 0.00738. The summed E-state index contributed by atoms with van der Waals surface area (Å²) in [6.45, 7) is 10.0. The lowest BCUT2D eigenvalue weighted by atomic mass is 9.76. The second-order valence-corrected chi connectivity index (χ2v) is 7.09. The maximum Gasteiger partial charge on any atom is 0.168 e. The summed E-state index contributed by atoms with van der Waals surface area (Å²) in [5.41, 5.74) is 4.16. The third-order valence-electron chi connectivity index (χ3n) is 4.46. The smallest absolute Gasteiger partial charge is 0.168 e. The maximum atomic E-state index is 12.5. The Morgan fingerprint density at radius 2 is 1.74 bits per heavy atom. The molecule has 1 aromatic rings. The van der Waals surface area contributed by atoms with Crippen molar-refractivity contribution in [2.24, 2.45) is 10.4 Å². The SMILES string of the molecule is CCc1cccc(CC)c1N=C(C)C1=C(O)CC(C)(C)CC1=O. The third kappa shape index (κ3) is 3.72. The number of rotatable bonds is 4. The van der Waals surface area contributed by atoms with E-state index in [2.05, 4.69) is 32.0 Å². The van der Waals surface area contributed by atoms with Crippen molar-refractivity contribution in [2.45, 2.75) is 60.3 Å². The average Bonchev–Trinajstić information content (AvgIpc) is 2.45. The minimum atomic E-state index is -0.180. The summed E-state index contributed by atoms with van der Waals surface area (Å²) >= 11 is 0. The first kappa shape index (κ1) is 17.5. The molecule has 3 heteroatoms. The number of aliphatic hydroxyl groups is 1. The van der Waals surface area contributed by atoms with E-state index >= 15 is 0 Å². The van der Waals surface area contributed by atoms with Crippen LogP contribution in [0, 0.1) is 5.41 Å². The Morgan fingerprint density at radius 3 is 2.22 bits per heavy atom. The molecule has 0 amide bonds. The summed E-state index contributed by atoms with van der Waals surface area (Å²) in [5, 5.41) is 10.4. The van der Waals surface area contributed by atoms with Gasteiger partial charge in [-0.15, -0.1) is 0 Å². The lowest BCUT2D eigenvalue weighted by Gasteiger charge is -2.29. The topological polar surface area (TPSA) is 49.7 Å². The van der Waals surface area contributed by atoms with Crippen LogP contribution < -0.4 is 0 Å². The van der Waals surface area contributed by atoms with Crippen LogP contribution in [-0.4, -0.2) is 16.6 Å². The summed E-state index contributed by atoms with van der Waals surface area (Å²) in [6, 6.07) is 6.20. The standard InChI is InChI=1S/C20H27NO2/c1-6-14-9-8-10-15(7-2)19(14)21-13(3)18-16(22)11-20(4,5)12-17(18)23/h8-10,22H,6-7,11-12H2,1-5H3. The molecule has 23 heavy (non-hydrogen) atoms. The molecule has 0 saturated carbocycles. The van der Waals surface area contributed by atoms with Crippen molar-refractivity contribution in [3.8, 4) is 0 Å². The number of hydrogen-bond donors (Lipinski definition) is 1. The van der Waals surface area contributed by atoms with Crippen molar-refractivity contribution < 1.29 is 9.90 Å². The minimum Gasteiger partial charge on any atom is -0.511 e. The van der Waals surface area contributed by atoms with Gasteiger partial charge in [-0.05, 0) is 36.3 Å². The van der Waals surface area contributed by atoms with E-state index in [1.807, 2.05) is 20.8 Å². The number of ketones is 1. The molecule has 124 valence electrons. The molecule has 0 aliphatic heterocycles. The van der Waals surface area contributed by atoms with Gasteiger partial charge < -0.3 is 5.11 Å². The molecule has 2 rings (SSSR count). The van der Waals surface area contributed by atoms with Gasteiger partial charge >= 0.3 is 0 Å². The van der Waals surface area contributed by atoms with Crippen molar-refractivity contribution >= 4 is 17.2 Å². The Kier molecular flexibility index (Phi) is 5.08. The second-order valence-electron chi connectivity index (χ2n) is 7.09. The number of aryl methyl sites for hydroxylation is 2. The molecule has 0 bridgehead atoms. The van der Waals surface area contributed by atoms with Crippen LogP contribution >= 0.6 is 0 Å². The van der Waals surface area contributed by atoms with Gasteiger partial charge in [-0.1, -0.05) is 45.9 Å². The summed E-state index contributed by atoms with van der Waals surface area (Å²) < 4.78 is 0. The van der Waals surface area contributed by atoms with Gasteiger partial charge in [0.05, 0.1) is 17.0 Å². The van der Waals surface area contributed by atoms with Crippen LogP contribution in [0.3, 0.4) is 0 Å². The second kappa shape index (κ2) is 6.69. The van der Waals surface area contributed by atoms with Gasteiger partial charge in [0.2, 0.25) is 0 Å². The molecule has 1 aliphatic carbocycles. The van der Waals surface area contributed by atoms with Gasteiger partial charge in [0.15, 0.2) is 5.78 Å². The first-order chi connectivity index (χ1) is 10.8. The van der Waals surface area contributed by atoms with E-state index < -0.39 is 0 Å². The number of allylic oxidation sites excluding steroid dienone is 2. The first-order valence-electron chi connectivity index (χ1n) is 8.40. The van der Waals surface area contributed by atoms with Gasteiger partial charge in [-0.3, -0.25) is 9.79 Å². The van der Waals surface area contributed by atoms with Crippen LogP contribution in [-0.2, 0) is 17.6 Å². The fourth-order valence-corrected chi connectivity index (χ4v) is 3.28. The fourth-order valence-electron chi connectivity index (χ4n) is 3.28. The lowest BCUT2D eigenvalue weighted by molar-refractivity contribution is -0.117. The van der Waals surface area contributed by atoms with E-state index in [0.717, 1.165) is 18.5 Å². The van der Waals surface area contributed by atoms with Crippen molar-refractivity contribution in [1.82, 2.24) is 0 Å². The Hall–Kier alpha value is -1.90. The highest BCUT2D eigenvalue weighted by Gasteiger charge is 2.34. The number of carbonyl (C=O) groups is 1. The molecule has 0 aromatic heterocycles. The van der Waals surface area contributed by atoms with Crippen LogP contribution in [0.15, 0.2) is 34.5 Å². The first-order valence-corrected chi connectivity index (χ1v) is 8.40. The molecule has 0 atom stereocenters. The molecular formula is C20H27NO2. The summed E-state index contributed by atoms with van der Waals surface area (Å²) in [5.74, 6) is 0.173. The van der Waals surface area contributed by atoms with Crippen molar-refractivity contribution in [3.63, 3.8) is 0 Å². The number of aliphatic hydroxyl groups excluding tert-OH is 1.